The fourth-order valence-corrected chi connectivity index (χ4v) is 11.2. The maximum absolute atomic E-state index is 11.7. The van der Waals surface area contributed by atoms with Gasteiger partial charge >= 0.3 is 0 Å². The normalized spacial score (nSPS) is 19.4. The Morgan fingerprint density at radius 2 is 0.679 bits per heavy atom. The van der Waals surface area contributed by atoms with Gasteiger partial charge < -0.3 is 0 Å². The zero-order valence-corrected chi connectivity index (χ0v) is 37.8. The number of carbonyl (C=O) groups excluding carboxylic acids is 4. The summed E-state index contributed by atoms with van der Waals surface area (Å²) in [6.07, 6.45) is 15.8. The molecule has 16 nitrogen and oxygen atoms in total. The van der Waals surface area contributed by atoms with Gasteiger partial charge in [0.05, 0.1) is 23.0 Å². The van der Waals surface area contributed by atoms with Crippen molar-refractivity contribution in [3.63, 3.8) is 0 Å². The Bertz CT molecular complexity index is 1630. The molecule has 304 valence electrons. The maximum Gasteiger partial charge on any atom is 0.236 e. The molecule has 0 aromatic carbocycles. The Morgan fingerprint density at radius 3 is 0.893 bits per heavy atom. The first kappa shape index (κ1) is 44.6. The van der Waals surface area contributed by atoms with Crippen LogP contribution in [0.15, 0.2) is 0 Å². The van der Waals surface area contributed by atoms with Crippen LogP contribution in [0, 0.1) is 0 Å². The van der Waals surface area contributed by atoms with Gasteiger partial charge in [0, 0.05) is 23.7 Å². The second kappa shape index (κ2) is 23.2. The van der Waals surface area contributed by atoms with Crippen molar-refractivity contribution in [2.24, 2.45) is 0 Å². The Labute approximate surface area is 358 Å². The molecule has 4 heterocycles. The predicted molar refractivity (Wildman–Crippen MR) is 236 cm³/mol. The fraction of sp³-hybridized carbons (Fsp3) is 0.625. The molecule has 56 heavy (non-hydrogen) atoms. The van der Waals surface area contributed by atoms with Crippen LogP contribution in [0.5, 0.6) is 0 Å². The van der Waals surface area contributed by atoms with Gasteiger partial charge in [0.15, 0.2) is 0 Å². The maximum atomic E-state index is 11.7. The molecule has 4 N–H and O–H groups in total. The van der Waals surface area contributed by atoms with Crippen LogP contribution in [0.3, 0.4) is 0 Å². The molecule has 4 aromatic rings. The highest BCUT2D eigenvalue weighted by Crippen LogP contribution is 2.45. The minimum atomic E-state index is -0.0540. The van der Waals surface area contributed by atoms with Crippen LogP contribution < -0.4 is 21.3 Å². The molecule has 0 bridgehead atoms. The number of carbonyl (C=O) groups is 4. The lowest BCUT2D eigenvalue weighted by Crippen LogP contribution is -2.13. The number of hydrogen-bond donors (Lipinski definition) is 4. The zero-order valence-electron chi connectivity index (χ0n) is 31.3. The summed E-state index contributed by atoms with van der Waals surface area (Å²) in [5.74, 6) is 2.65. The van der Waals surface area contributed by atoms with Gasteiger partial charge in [0.2, 0.25) is 44.2 Å². The van der Waals surface area contributed by atoms with Gasteiger partial charge in [0.25, 0.3) is 0 Å². The number of nitrogens with one attached hydrogen (secondary N) is 4. The first-order chi connectivity index (χ1) is 27.2. The first-order valence-corrected chi connectivity index (χ1v) is 26.5. The number of amides is 4. The van der Waals surface area contributed by atoms with E-state index in [1.54, 1.807) is 0 Å². The molecular formula is C32H44N12O4S8. The second-order valence-corrected chi connectivity index (χ2v) is 20.3. The van der Waals surface area contributed by atoms with Crippen LogP contribution in [-0.2, 0) is 19.2 Å². The van der Waals surface area contributed by atoms with Crippen LogP contribution in [0.4, 0.5) is 20.5 Å². The third kappa shape index (κ3) is 13.8. The summed E-state index contributed by atoms with van der Waals surface area (Å²) in [4.78, 5) is 46.9. The summed E-state index contributed by atoms with van der Waals surface area (Å²) >= 11 is 11.7. The van der Waals surface area contributed by atoms with Crippen molar-refractivity contribution in [2.45, 2.75) is 75.0 Å². The SMILES string of the molecule is CSCC(=O)Nc1nnc([C@@H]2CCC[C@@H](c3nnc(NC(=O)CSC)s3)C2)s1.CSCC(=O)Nc1nnc([C@H]2CCC[C@H](c3nnc(NC(=O)CSC)s3)C2)s1. The molecule has 0 aliphatic heterocycles. The average Bonchev–Trinajstić information content (AvgIpc) is 4.02. The summed E-state index contributed by atoms with van der Waals surface area (Å²) < 4.78 is 0. The monoisotopic (exact) mass is 916 g/mol. The Hall–Kier alpha value is -2.48. The van der Waals surface area contributed by atoms with Crippen LogP contribution in [0.1, 0.15) is 95.1 Å². The van der Waals surface area contributed by atoms with Gasteiger partial charge in [-0.1, -0.05) is 58.2 Å². The Kier molecular flexibility index (Phi) is 18.5. The van der Waals surface area contributed by atoms with Crippen molar-refractivity contribution in [1.82, 2.24) is 40.8 Å². The number of anilines is 4. The van der Waals surface area contributed by atoms with E-state index in [9.17, 15) is 19.2 Å². The highest BCUT2D eigenvalue weighted by atomic mass is 32.2. The third-order valence-electron chi connectivity index (χ3n) is 8.60. The average molecular weight is 917 g/mol. The molecule has 6 rings (SSSR count). The fourth-order valence-electron chi connectivity index (χ4n) is 6.22. The molecule has 2 aliphatic rings. The van der Waals surface area contributed by atoms with Crippen molar-refractivity contribution in [2.75, 3.05) is 69.3 Å². The van der Waals surface area contributed by atoms with E-state index >= 15 is 0 Å². The summed E-state index contributed by atoms with van der Waals surface area (Å²) in [5.41, 5.74) is 0. The van der Waals surface area contributed by atoms with E-state index in [0.29, 0.717) is 67.2 Å². The molecule has 2 saturated carbocycles. The second-order valence-electron chi connectivity index (χ2n) is 12.8. The molecule has 0 radical (unpaired) electrons. The largest absolute Gasteiger partial charge is 0.300 e. The van der Waals surface area contributed by atoms with Crippen LogP contribution in [0.25, 0.3) is 0 Å². The van der Waals surface area contributed by atoms with Gasteiger partial charge in [-0.3, -0.25) is 40.4 Å². The summed E-state index contributed by atoms with van der Waals surface area (Å²) in [7, 11) is 0. The quantitative estimate of drug-likeness (QED) is 0.0901. The molecule has 4 atom stereocenters. The minimum absolute atomic E-state index is 0.0540. The lowest BCUT2D eigenvalue weighted by molar-refractivity contribution is -0.114. The van der Waals surface area contributed by atoms with E-state index in [0.717, 1.165) is 71.4 Å². The lowest BCUT2D eigenvalue weighted by atomic mass is 9.82. The number of nitrogens with zero attached hydrogens (tertiary/aromatic N) is 8. The van der Waals surface area contributed by atoms with E-state index in [2.05, 4.69) is 62.1 Å². The molecule has 0 spiro atoms. The van der Waals surface area contributed by atoms with Gasteiger partial charge in [-0.25, -0.2) is 0 Å². The van der Waals surface area contributed by atoms with Crippen molar-refractivity contribution < 1.29 is 19.2 Å². The number of hydrogen-bond acceptors (Lipinski definition) is 20. The van der Waals surface area contributed by atoms with Crippen molar-refractivity contribution in [1.29, 1.82) is 0 Å². The number of thioether (sulfide) groups is 4. The topological polar surface area (TPSA) is 220 Å². The molecule has 2 fully saturated rings. The lowest BCUT2D eigenvalue weighted by Gasteiger charge is -2.25. The molecule has 24 heteroatoms. The first-order valence-electron chi connectivity index (χ1n) is 17.7. The molecule has 0 unspecified atom stereocenters. The minimum Gasteiger partial charge on any atom is -0.300 e. The standard InChI is InChI=1S/2C16H22N6O2S4/c2*1-25-7-11(23)17-15-21-19-13(27-15)9-4-3-5-10(6-9)14-20-22-16(28-14)18-12(24)8-26-2/h2*9-10H,3-8H2,1-2H3,(H,17,21,23)(H,18,22,24)/t2*9-,10-/m10/s1. The van der Waals surface area contributed by atoms with Gasteiger partial charge in [-0.2, -0.15) is 47.0 Å². The molecule has 4 amide bonds. The highest BCUT2D eigenvalue weighted by molar-refractivity contribution is 7.99. The molecular weight excluding hydrogens is 873 g/mol. The summed E-state index contributed by atoms with van der Waals surface area (Å²) in [6, 6.07) is 0. The highest BCUT2D eigenvalue weighted by Gasteiger charge is 2.31. The smallest absolute Gasteiger partial charge is 0.236 e. The third-order valence-corrected chi connectivity index (χ3v) is 14.8. The number of rotatable bonds is 16. The summed E-state index contributed by atoms with van der Waals surface area (Å²) in [6.45, 7) is 0. The van der Waals surface area contributed by atoms with E-state index in [1.807, 2.05) is 25.0 Å². The summed E-state index contributed by atoms with van der Waals surface area (Å²) in [5, 5.41) is 51.0. The Morgan fingerprint density at radius 1 is 0.446 bits per heavy atom. The van der Waals surface area contributed by atoms with Crippen molar-refractivity contribution >= 4 is 137 Å². The van der Waals surface area contributed by atoms with Crippen molar-refractivity contribution in [3.05, 3.63) is 20.0 Å². The van der Waals surface area contributed by atoms with Gasteiger partial charge in [0.1, 0.15) is 20.0 Å². The van der Waals surface area contributed by atoms with Gasteiger partial charge in [-0.05, 0) is 63.5 Å². The van der Waals surface area contributed by atoms with Crippen LogP contribution in [0.2, 0.25) is 0 Å². The van der Waals surface area contributed by atoms with E-state index in [4.69, 9.17) is 0 Å². The van der Waals surface area contributed by atoms with E-state index in [1.165, 1.54) is 92.4 Å². The molecule has 2 aliphatic carbocycles. The van der Waals surface area contributed by atoms with E-state index < -0.39 is 0 Å². The van der Waals surface area contributed by atoms with Gasteiger partial charge in [-0.15, -0.1) is 40.8 Å². The van der Waals surface area contributed by atoms with Crippen LogP contribution in [-0.4, -0.2) is 112 Å². The van der Waals surface area contributed by atoms with E-state index in [-0.39, 0.29) is 23.6 Å². The Balaban J connectivity index is 0.000000214. The van der Waals surface area contributed by atoms with Crippen molar-refractivity contribution in [3.8, 4) is 0 Å². The number of aromatic nitrogens is 8. The zero-order chi connectivity index (χ0) is 39.9. The van der Waals surface area contributed by atoms with Crippen LogP contribution >= 0.6 is 92.4 Å². The predicted octanol–water partition coefficient (Wildman–Crippen LogP) is 6.87. The molecule has 4 aromatic heterocycles. The molecule has 0 saturated heterocycles.